The van der Waals surface area contributed by atoms with Crippen LogP contribution in [0.1, 0.15) is 75.5 Å². The number of hydrogen-bond acceptors (Lipinski definition) is 10. The predicted molar refractivity (Wildman–Crippen MR) is 148 cm³/mol. The summed E-state index contributed by atoms with van der Waals surface area (Å²) in [4.78, 5) is 41.1. The highest BCUT2D eigenvalue weighted by atomic mass is 32.2. The van der Waals surface area contributed by atoms with E-state index in [0.29, 0.717) is 28.6 Å². The molecule has 1 atom stereocenters. The summed E-state index contributed by atoms with van der Waals surface area (Å²) < 4.78 is 25.8. The van der Waals surface area contributed by atoms with E-state index in [0.717, 1.165) is 42.6 Å². The van der Waals surface area contributed by atoms with Gasteiger partial charge in [-0.05, 0) is 45.2 Å². The summed E-state index contributed by atoms with van der Waals surface area (Å²) in [6.45, 7) is 7.79. The number of sulfone groups is 1. The van der Waals surface area contributed by atoms with Gasteiger partial charge in [0.05, 0.1) is 46.0 Å². The molecule has 11 nitrogen and oxygen atoms in total. The second-order valence-electron chi connectivity index (χ2n) is 9.91. The maximum atomic E-state index is 13.7. The normalized spacial score (nSPS) is 14.5. The van der Waals surface area contributed by atoms with Gasteiger partial charge in [0.2, 0.25) is 0 Å². The lowest BCUT2D eigenvalue weighted by Crippen LogP contribution is -2.28. The van der Waals surface area contributed by atoms with Crippen molar-refractivity contribution in [2.75, 3.05) is 11.1 Å². The molecule has 0 amide bonds. The lowest BCUT2D eigenvalue weighted by Gasteiger charge is -2.19. The van der Waals surface area contributed by atoms with Crippen molar-refractivity contribution in [2.24, 2.45) is 0 Å². The number of aryl methyl sites for hydroxylation is 1. The number of pyridine rings is 1. The summed E-state index contributed by atoms with van der Waals surface area (Å²) in [6.07, 6.45) is 8.40. The summed E-state index contributed by atoms with van der Waals surface area (Å²) in [5.74, 6) is 1.04. The summed E-state index contributed by atoms with van der Waals surface area (Å²) in [6, 6.07) is 3.04. The van der Waals surface area contributed by atoms with Crippen molar-refractivity contribution in [3.05, 3.63) is 58.3 Å². The highest BCUT2D eigenvalue weighted by Crippen LogP contribution is 2.43. The topological polar surface area (TPSA) is 146 Å². The van der Waals surface area contributed by atoms with Gasteiger partial charge in [0.1, 0.15) is 11.8 Å². The van der Waals surface area contributed by atoms with Gasteiger partial charge >= 0.3 is 0 Å². The Labute approximate surface area is 227 Å². The molecule has 12 heteroatoms. The highest BCUT2D eigenvalue weighted by Gasteiger charge is 2.30. The van der Waals surface area contributed by atoms with Gasteiger partial charge in [0.15, 0.2) is 27.1 Å². The molecule has 4 aromatic heterocycles. The van der Waals surface area contributed by atoms with Crippen LogP contribution in [-0.2, 0) is 16.4 Å². The number of nitrogens with one attached hydrogen (secondary N) is 1. The van der Waals surface area contributed by atoms with E-state index in [1.807, 2.05) is 13.8 Å². The monoisotopic (exact) mass is 548 g/mol. The van der Waals surface area contributed by atoms with E-state index in [2.05, 4.69) is 37.2 Å². The molecule has 1 N–H and O–H groups in total. The lowest BCUT2D eigenvalue weighted by molar-refractivity contribution is 0.497. The first-order valence-corrected chi connectivity index (χ1v) is 14.9. The van der Waals surface area contributed by atoms with Crippen molar-refractivity contribution in [3.8, 4) is 11.4 Å². The first-order chi connectivity index (χ1) is 18.7. The standard InChI is InChI=1S/C27H32N8O3S/c1-5-7-16(3)35-26-21(14-30-24(34-26)22-17(4)31-15-32-23(22)18-8-9-18)33-25(27(35)36)29-12-19-10-11-20(13-28-19)39(37,38)6-2/h10-11,13-16,18H,5-9,12H2,1-4H3,(H,29,33). The van der Waals surface area contributed by atoms with E-state index in [1.165, 1.54) is 12.3 Å². The second kappa shape index (κ2) is 10.8. The number of fused-ring (bicyclic) bond motifs is 1. The summed E-state index contributed by atoms with van der Waals surface area (Å²) in [5.41, 5.74) is 3.83. The Kier molecular flexibility index (Phi) is 7.39. The van der Waals surface area contributed by atoms with Crippen molar-refractivity contribution < 1.29 is 8.42 Å². The first kappa shape index (κ1) is 26.8. The van der Waals surface area contributed by atoms with E-state index in [1.54, 1.807) is 30.1 Å². The Balaban J connectivity index is 1.54. The minimum absolute atomic E-state index is 0.00527. The van der Waals surface area contributed by atoms with Crippen LogP contribution in [0.25, 0.3) is 22.6 Å². The Morgan fingerprint density at radius 1 is 1.08 bits per heavy atom. The number of aromatic nitrogens is 7. The SMILES string of the molecule is CCCC(C)n1c(=O)c(NCc2ccc(S(=O)(=O)CC)cn2)nc2cnc(-c3c(C)ncnc3C3CC3)nc21. The molecule has 0 spiro atoms. The molecule has 4 heterocycles. The minimum Gasteiger partial charge on any atom is -0.360 e. The van der Waals surface area contributed by atoms with Crippen LogP contribution in [0.3, 0.4) is 0 Å². The van der Waals surface area contributed by atoms with Gasteiger partial charge in [-0.1, -0.05) is 20.3 Å². The van der Waals surface area contributed by atoms with E-state index >= 15 is 0 Å². The molecule has 204 valence electrons. The van der Waals surface area contributed by atoms with Gasteiger partial charge in [-0.3, -0.25) is 14.3 Å². The molecule has 0 saturated heterocycles. The molecule has 0 aliphatic heterocycles. The van der Waals surface area contributed by atoms with Crippen molar-refractivity contribution >= 4 is 26.8 Å². The van der Waals surface area contributed by atoms with Crippen LogP contribution in [-0.4, -0.2) is 48.6 Å². The summed E-state index contributed by atoms with van der Waals surface area (Å²) in [5, 5.41) is 3.09. The van der Waals surface area contributed by atoms with E-state index in [4.69, 9.17) is 4.98 Å². The zero-order chi connectivity index (χ0) is 27.7. The second-order valence-corrected chi connectivity index (χ2v) is 12.2. The van der Waals surface area contributed by atoms with Crippen LogP contribution in [0.4, 0.5) is 5.82 Å². The van der Waals surface area contributed by atoms with Crippen molar-refractivity contribution in [1.29, 1.82) is 0 Å². The molecular weight excluding hydrogens is 516 g/mol. The molecule has 1 unspecified atom stereocenters. The quantitative estimate of drug-likeness (QED) is 0.309. The molecule has 5 rings (SSSR count). The maximum Gasteiger partial charge on any atom is 0.295 e. The van der Waals surface area contributed by atoms with Gasteiger partial charge in [-0.15, -0.1) is 0 Å². The van der Waals surface area contributed by atoms with Crippen LogP contribution < -0.4 is 10.9 Å². The summed E-state index contributed by atoms with van der Waals surface area (Å²) >= 11 is 0. The van der Waals surface area contributed by atoms with Gasteiger partial charge in [-0.2, -0.15) is 0 Å². The molecule has 4 aromatic rings. The predicted octanol–water partition coefficient (Wildman–Crippen LogP) is 3.99. The molecule has 1 fully saturated rings. The first-order valence-electron chi connectivity index (χ1n) is 13.3. The number of rotatable bonds is 10. The fourth-order valence-corrected chi connectivity index (χ4v) is 5.49. The van der Waals surface area contributed by atoms with Gasteiger partial charge in [0.25, 0.3) is 5.56 Å². The number of anilines is 1. The Morgan fingerprint density at radius 3 is 2.54 bits per heavy atom. The molecule has 1 aliphatic carbocycles. The fraction of sp³-hybridized carbons (Fsp3) is 0.444. The molecule has 39 heavy (non-hydrogen) atoms. The molecule has 0 radical (unpaired) electrons. The van der Waals surface area contributed by atoms with Crippen LogP contribution in [0, 0.1) is 6.92 Å². The largest absolute Gasteiger partial charge is 0.360 e. The average Bonchev–Trinajstić information content (AvgIpc) is 3.77. The number of nitrogens with zero attached hydrogens (tertiary/aromatic N) is 7. The Morgan fingerprint density at radius 2 is 1.87 bits per heavy atom. The van der Waals surface area contributed by atoms with Crippen molar-refractivity contribution in [2.45, 2.75) is 76.8 Å². The summed E-state index contributed by atoms with van der Waals surface area (Å²) in [7, 11) is -3.33. The van der Waals surface area contributed by atoms with Crippen LogP contribution in [0.5, 0.6) is 0 Å². The molecule has 0 aromatic carbocycles. The number of hydrogen-bond donors (Lipinski definition) is 1. The maximum absolute atomic E-state index is 13.7. The molecule has 1 aliphatic rings. The molecular formula is C27H32N8O3S. The van der Waals surface area contributed by atoms with E-state index < -0.39 is 9.84 Å². The van der Waals surface area contributed by atoms with Crippen molar-refractivity contribution in [1.82, 2.24) is 34.5 Å². The van der Waals surface area contributed by atoms with Crippen LogP contribution in [0.15, 0.2) is 40.5 Å². The van der Waals surface area contributed by atoms with Gasteiger partial charge in [-0.25, -0.2) is 33.3 Å². The Bertz CT molecular complexity index is 1680. The third kappa shape index (κ3) is 5.38. The van der Waals surface area contributed by atoms with Gasteiger partial charge in [0, 0.05) is 18.2 Å². The third-order valence-electron chi connectivity index (χ3n) is 7.01. The average molecular weight is 549 g/mol. The van der Waals surface area contributed by atoms with Gasteiger partial charge < -0.3 is 5.32 Å². The van der Waals surface area contributed by atoms with E-state index in [-0.39, 0.29) is 34.6 Å². The van der Waals surface area contributed by atoms with E-state index in [9.17, 15) is 13.2 Å². The fourth-order valence-electron chi connectivity index (χ4n) is 4.67. The minimum atomic E-state index is -3.33. The van der Waals surface area contributed by atoms with Crippen LogP contribution >= 0.6 is 0 Å². The third-order valence-corrected chi connectivity index (χ3v) is 8.73. The van der Waals surface area contributed by atoms with Crippen molar-refractivity contribution in [3.63, 3.8) is 0 Å². The lowest BCUT2D eigenvalue weighted by atomic mass is 10.1. The zero-order valence-corrected chi connectivity index (χ0v) is 23.4. The highest BCUT2D eigenvalue weighted by molar-refractivity contribution is 7.91. The smallest absolute Gasteiger partial charge is 0.295 e. The molecule has 0 bridgehead atoms. The molecule has 1 saturated carbocycles. The zero-order valence-electron chi connectivity index (χ0n) is 22.5. The Hall–Kier alpha value is -3.80. The van der Waals surface area contributed by atoms with Crippen LogP contribution in [0.2, 0.25) is 0 Å².